The zero-order chi connectivity index (χ0) is 13.2. The molecule has 0 N–H and O–H groups in total. The van der Waals surface area contributed by atoms with Crippen molar-refractivity contribution in [2.45, 2.75) is 25.8 Å². The summed E-state index contributed by atoms with van der Waals surface area (Å²) >= 11 is 5.94. The second-order valence-corrected chi connectivity index (χ2v) is 4.46. The summed E-state index contributed by atoms with van der Waals surface area (Å²) in [4.78, 5) is 13.0. The lowest BCUT2D eigenvalue weighted by Crippen LogP contribution is -2.06. The molecule has 0 aliphatic rings. The van der Waals surface area contributed by atoms with Crippen molar-refractivity contribution in [3.05, 3.63) is 35.9 Å². The average molecular weight is 278 g/mol. The lowest BCUT2D eigenvalue weighted by Gasteiger charge is -2.05. The van der Waals surface area contributed by atoms with Crippen LogP contribution in [0.15, 0.2) is 23.0 Å². The third-order valence-electron chi connectivity index (χ3n) is 2.89. The molecule has 0 aliphatic carbocycles. The van der Waals surface area contributed by atoms with Crippen LogP contribution in [-0.4, -0.2) is 24.7 Å². The van der Waals surface area contributed by atoms with Crippen LogP contribution < -0.4 is 0 Å². The van der Waals surface area contributed by atoms with Crippen molar-refractivity contribution in [3.8, 4) is 0 Å². The van der Waals surface area contributed by atoms with Gasteiger partial charge in [0.15, 0.2) is 12.0 Å². The summed E-state index contributed by atoms with van der Waals surface area (Å²) in [5, 5.41) is 3.59. The van der Waals surface area contributed by atoms with Gasteiger partial charge in [-0.3, -0.25) is 0 Å². The maximum atomic E-state index is 5.94. The number of fused-ring (bicyclic) bond motifs is 1. The second-order valence-electron chi connectivity index (χ2n) is 4.19. The van der Waals surface area contributed by atoms with Crippen molar-refractivity contribution >= 4 is 22.8 Å². The first-order valence-corrected chi connectivity index (χ1v) is 6.45. The van der Waals surface area contributed by atoms with Crippen LogP contribution in [0.4, 0.5) is 0 Å². The van der Waals surface area contributed by atoms with E-state index >= 15 is 0 Å². The second kappa shape index (κ2) is 4.97. The van der Waals surface area contributed by atoms with Crippen molar-refractivity contribution in [1.29, 1.82) is 0 Å². The highest BCUT2D eigenvalue weighted by molar-refractivity contribution is 6.16. The maximum absolute atomic E-state index is 5.94. The Kier molecular flexibility index (Phi) is 3.16. The average Bonchev–Trinajstić information content (AvgIpc) is 3.03. The molecule has 0 amide bonds. The molecular weight excluding hydrogens is 266 g/mol. The Morgan fingerprint density at radius 1 is 1.32 bits per heavy atom. The van der Waals surface area contributed by atoms with Gasteiger partial charge in [0, 0.05) is 18.7 Å². The summed E-state index contributed by atoms with van der Waals surface area (Å²) in [6, 6.07) is 3.90. The van der Waals surface area contributed by atoms with Crippen LogP contribution in [0.2, 0.25) is 0 Å². The minimum atomic E-state index is 0.346. The lowest BCUT2D eigenvalue weighted by atomic mass is 10.3. The number of hydrogen-bond acceptors (Lipinski definition) is 5. The standard InChI is InChI=1S/C12H12ClN5O/c1-8-2-3-9-12(16-8)18(10(6-13)17-9)5-4-11-14-7-15-19-11/h2-3,7H,4-6H2,1H3. The van der Waals surface area contributed by atoms with Crippen LogP contribution in [0.3, 0.4) is 0 Å². The molecule has 0 fully saturated rings. The third kappa shape index (κ3) is 2.31. The topological polar surface area (TPSA) is 69.6 Å². The summed E-state index contributed by atoms with van der Waals surface area (Å²) < 4.78 is 6.99. The molecule has 0 saturated heterocycles. The Bertz CT molecular complexity index is 692. The molecule has 3 heterocycles. The van der Waals surface area contributed by atoms with Crippen LogP contribution in [0, 0.1) is 6.92 Å². The zero-order valence-corrected chi connectivity index (χ0v) is 11.1. The van der Waals surface area contributed by atoms with Crippen molar-refractivity contribution in [1.82, 2.24) is 24.7 Å². The largest absolute Gasteiger partial charge is 0.340 e. The number of nitrogens with zero attached hydrogens (tertiary/aromatic N) is 5. The molecule has 19 heavy (non-hydrogen) atoms. The van der Waals surface area contributed by atoms with Crippen molar-refractivity contribution in [2.24, 2.45) is 0 Å². The molecule has 3 aromatic heterocycles. The number of aryl methyl sites for hydroxylation is 3. The number of halogens is 1. The van der Waals surface area contributed by atoms with Gasteiger partial charge in [0.05, 0.1) is 5.88 Å². The Balaban J connectivity index is 1.97. The molecule has 3 aromatic rings. The van der Waals surface area contributed by atoms with Gasteiger partial charge in [-0.05, 0) is 19.1 Å². The Hall–Kier alpha value is -1.95. The molecule has 0 saturated carbocycles. The van der Waals surface area contributed by atoms with Gasteiger partial charge in [0.2, 0.25) is 5.89 Å². The zero-order valence-electron chi connectivity index (χ0n) is 10.4. The molecule has 0 unspecified atom stereocenters. The highest BCUT2D eigenvalue weighted by atomic mass is 35.5. The summed E-state index contributed by atoms with van der Waals surface area (Å²) in [6.45, 7) is 2.62. The Morgan fingerprint density at radius 3 is 2.95 bits per heavy atom. The SMILES string of the molecule is Cc1ccc2nc(CCl)n(CCc3ncno3)c2n1. The number of rotatable bonds is 4. The fourth-order valence-electron chi connectivity index (χ4n) is 1.99. The van der Waals surface area contributed by atoms with Gasteiger partial charge < -0.3 is 9.09 Å². The van der Waals surface area contributed by atoms with E-state index in [1.165, 1.54) is 6.33 Å². The van der Waals surface area contributed by atoms with Crippen LogP contribution in [0.1, 0.15) is 17.4 Å². The molecule has 0 radical (unpaired) electrons. The molecule has 7 heteroatoms. The predicted octanol–water partition coefficient (Wildman–Crippen LogP) is 2.10. The van der Waals surface area contributed by atoms with E-state index in [1.54, 1.807) is 0 Å². The smallest absolute Gasteiger partial charge is 0.228 e. The van der Waals surface area contributed by atoms with E-state index in [1.807, 2.05) is 23.6 Å². The fourth-order valence-corrected chi connectivity index (χ4v) is 2.20. The normalized spacial score (nSPS) is 11.3. The lowest BCUT2D eigenvalue weighted by molar-refractivity contribution is 0.371. The van der Waals surface area contributed by atoms with Crippen molar-refractivity contribution in [3.63, 3.8) is 0 Å². The molecular formula is C12H12ClN5O. The molecule has 0 spiro atoms. The van der Waals surface area contributed by atoms with Gasteiger partial charge in [0.1, 0.15) is 11.3 Å². The van der Waals surface area contributed by atoms with E-state index in [0.29, 0.717) is 24.7 Å². The molecule has 0 bridgehead atoms. The maximum Gasteiger partial charge on any atom is 0.228 e. The van der Waals surface area contributed by atoms with Crippen LogP contribution in [0.5, 0.6) is 0 Å². The van der Waals surface area contributed by atoms with Gasteiger partial charge in [-0.25, -0.2) is 9.97 Å². The first-order chi connectivity index (χ1) is 9.28. The molecule has 6 nitrogen and oxygen atoms in total. The van der Waals surface area contributed by atoms with E-state index in [0.717, 1.165) is 22.7 Å². The number of aromatic nitrogens is 5. The van der Waals surface area contributed by atoms with E-state index in [2.05, 4.69) is 20.1 Å². The van der Waals surface area contributed by atoms with Gasteiger partial charge in [-0.2, -0.15) is 4.98 Å². The first kappa shape index (κ1) is 12.1. The van der Waals surface area contributed by atoms with Crippen LogP contribution in [-0.2, 0) is 18.8 Å². The molecule has 0 aliphatic heterocycles. The molecule has 3 rings (SSSR count). The predicted molar refractivity (Wildman–Crippen MR) is 69.8 cm³/mol. The Morgan fingerprint density at radius 2 is 2.21 bits per heavy atom. The summed E-state index contributed by atoms with van der Waals surface area (Å²) in [7, 11) is 0. The van der Waals surface area contributed by atoms with Gasteiger partial charge in [0.25, 0.3) is 0 Å². The van der Waals surface area contributed by atoms with E-state index in [9.17, 15) is 0 Å². The fraction of sp³-hybridized carbons (Fsp3) is 0.333. The summed E-state index contributed by atoms with van der Waals surface area (Å²) in [5.74, 6) is 1.74. The van der Waals surface area contributed by atoms with Gasteiger partial charge >= 0.3 is 0 Å². The van der Waals surface area contributed by atoms with E-state index in [-0.39, 0.29) is 0 Å². The highest BCUT2D eigenvalue weighted by Gasteiger charge is 2.12. The quantitative estimate of drug-likeness (QED) is 0.683. The van der Waals surface area contributed by atoms with E-state index in [4.69, 9.17) is 16.1 Å². The van der Waals surface area contributed by atoms with Crippen molar-refractivity contribution < 1.29 is 4.52 Å². The minimum Gasteiger partial charge on any atom is -0.340 e. The monoisotopic (exact) mass is 277 g/mol. The number of alkyl halides is 1. The third-order valence-corrected chi connectivity index (χ3v) is 3.13. The van der Waals surface area contributed by atoms with Gasteiger partial charge in [-0.1, -0.05) is 5.16 Å². The van der Waals surface area contributed by atoms with E-state index < -0.39 is 0 Å². The first-order valence-electron chi connectivity index (χ1n) is 5.92. The molecule has 0 atom stereocenters. The molecule has 98 valence electrons. The minimum absolute atomic E-state index is 0.346. The summed E-state index contributed by atoms with van der Waals surface area (Å²) in [6.07, 6.45) is 2.02. The van der Waals surface area contributed by atoms with Crippen molar-refractivity contribution in [2.75, 3.05) is 0 Å². The highest BCUT2D eigenvalue weighted by Crippen LogP contribution is 2.17. The van der Waals surface area contributed by atoms with Crippen LogP contribution in [0.25, 0.3) is 11.2 Å². The molecule has 0 aromatic carbocycles. The number of pyridine rings is 1. The Labute approximate surface area is 114 Å². The summed E-state index contributed by atoms with van der Waals surface area (Å²) in [5.41, 5.74) is 2.65. The van der Waals surface area contributed by atoms with Gasteiger partial charge in [-0.15, -0.1) is 11.6 Å². The van der Waals surface area contributed by atoms with Crippen LogP contribution >= 0.6 is 11.6 Å². The number of hydrogen-bond donors (Lipinski definition) is 0. The number of imidazole rings is 1.